The topological polar surface area (TPSA) is 102 Å². The highest BCUT2D eigenvalue weighted by molar-refractivity contribution is 7.91. The summed E-state index contributed by atoms with van der Waals surface area (Å²) in [4.78, 5) is 24.2. The predicted octanol–water partition coefficient (Wildman–Crippen LogP) is 1.99. The van der Waals surface area contributed by atoms with Gasteiger partial charge in [-0.05, 0) is 48.2 Å². The first kappa shape index (κ1) is 20.8. The van der Waals surface area contributed by atoms with Gasteiger partial charge in [-0.3, -0.25) is 20.4 Å². The number of hydrogen-bond acceptors (Lipinski definition) is 5. The molecule has 1 saturated heterocycles. The van der Waals surface area contributed by atoms with E-state index in [0.29, 0.717) is 12.2 Å². The van der Waals surface area contributed by atoms with Crippen LogP contribution in [0.3, 0.4) is 0 Å². The lowest BCUT2D eigenvalue weighted by Crippen LogP contribution is -2.42. The molecule has 2 amide bonds. The summed E-state index contributed by atoms with van der Waals surface area (Å²) in [6.45, 7) is 0.215. The number of sulfone groups is 1. The van der Waals surface area contributed by atoms with E-state index in [9.17, 15) is 22.4 Å². The first-order valence-corrected chi connectivity index (χ1v) is 10.9. The lowest BCUT2D eigenvalue weighted by Gasteiger charge is -2.11. The molecule has 0 aromatic heterocycles. The lowest BCUT2D eigenvalue weighted by atomic mass is 10.1. The number of ether oxygens (including phenoxy) is 1. The second-order valence-corrected chi connectivity index (χ2v) is 9.15. The van der Waals surface area contributed by atoms with E-state index in [-0.39, 0.29) is 41.8 Å². The molecule has 3 rings (SSSR count). The van der Waals surface area contributed by atoms with E-state index in [0.717, 1.165) is 5.56 Å². The van der Waals surface area contributed by atoms with E-state index in [1.807, 2.05) is 0 Å². The van der Waals surface area contributed by atoms with Gasteiger partial charge in [0, 0.05) is 12.0 Å². The van der Waals surface area contributed by atoms with Crippen LogP contribution >= 0.6 is 0 Å². The molecule has 2 N–H and O–H groups in total. The molecule has 2 aromatic carbocycles. The summed E-state index contributed by atoms with van der Waals surface area (Å²) < 4.78 is 41.4. The molecule has 0 bridgehead atoms. The smallest absolute Gasteiger partial charge is 0.269 e. The number of hydrogen-bond donors (Lipinski definition) is 2. The number of carbonyl (C=O) groups excluding carboxylic acids is 2. The number of nitrogens with one attached hydrogen (secondary N) is 2. The molecule has 0 radical (unpaired) electrons. The van der Waals surface area contributed by atoms with Crippen molar-refractivity contribution in [3.8, 4) is 5.75 Å². The molecule has 9 heteroatoms. The number of amides is 2. The number of halogens is 1. The highest BCUT2D eigenvalue weighted by Gasteiger charge is 2.29. The van der Waals surface area contributed by atoms with Gasteiger partial charge in [0.1, 0.15) is 18.2 Å². The molecular formula is C20H21FN2O5S. The summed E-state index contributed by atoms with van der Waals surface area (Å²) in [7, 11) is -3.05. The summed E-state index contributed by atoms with van der Waals surface area (Å²) in [6, 6.07) is 12.3. The number of benzene rings is 2. The summed E-state index contributed by atoms with van der Waals surface area (Å²) in [5.41, 5.74) is 5.69. The molecule has 1 aliphatic rings. The van der Waals surface area contributed by atoms with E-state index in [4.69, 9.17) is 4.74 Å². The van der Waals surface area contributed by atoms with Gasteiger partial charge >= 0.3 is 0 Å². The zero-order chi connectivity index (χ0) is 20.9. The van der Waals surface area contributed by atoms with Crippen LogP contribution in [-0.4, -0.2) is 31.7 Å². The summed E-state index contributed by atoms with van der Waals surface area (Å²) >= 11 is 0. The van der Waals surface area contributed by atoms with Gasteiger partial charge in [0.2, 0.25) is 5.91 Å². The quantitative estimate of drug-likeness (QED) is 0.696. The third-order valence-corrected chi connectivity index (χ3v) is 6.37. The second-order valence-electron chi connectivity index (χ2n) is 6.92. The van der Waals surface area contributed by atoms with Gasteiger partial charge in [-0.1, -0.05) is 18.2 Å². The number of carbonyl (C=O) groups is 2. The standard InChI is InChI=1S/C20H21FN2O5S/c21-17-6-4-14(5-7-17)12-28-18-3-1-2-16(11-18)20(25)23-22-19(24)10-15-8-9-29(26,27)13-15/h1-7,11,15H,8-10,12-13H2,(H,22,24)(H,23,25). The van der Waals surface area contributed by atoms with Gasteiger partial charge in [0.25, 0.3) is 5.91 Å². The van der Waals surface area contributed by atoms with E-state index < -0.39 is 21.7 Å². The maximum Gasteiger partial charge on any atom is 0.269 e. The van der Waals surface area contributed by atoms with Crippen molar-refractivity contribution in [2.24, 2.45) is 5.92 Å². The predicted molar refractivity (Wildman–Crippen MR) is 104 cm³/mol. The Labute approximate surface area is 168 Å². The van der Waals surface area contributed by atoms with Crippen LogP contribution in [0, 0.1) is 11.7 Å². The molecule has 0 aliphatic carbocycles. The maximum atomic E-state index is 12.9. The van der Waals surface area contributed by atoms with Crippen LogP contribution in [-0.2, 0) is 21.2 Å². The van der Waals surface area contributed by atoms with Gasteiger partial charge in [0.05, 0.1) is 11.5 Å². The van der Waals surface area contributed by atoms with E-state index in [1.165, 1.54) is 18.2 Å². The van der Waals surface area contributed by atoms with Crippen molar-refractivity contribution in [1.82, 2.24) is 10.9 Å². The van der Waals surface area contributed by atoms with Crippen LogP contribution < -0.4 is 15.6 Å². The fraction of sp³-hybridized carbons (Fsp3) is 0.300. The molecule has 29 heavy (non-hydrogen) atoms. The molecule has 0 spiro atoms. The van der Waals surface area contributed by atoms with Gasteiger partial charge in [0.15, 0.2) is 9.84 Å². The van der Waals surface area contributed by atoms with Crippen molar-refractivity contribution in [3.05, 3.63) is 65.5 Å². The molecular weight excluding hydrogens is 399 g/mol. The van der Waals surface area contributed by atoms with Crippen molar-refractivity contribution in [2.75, 3.05) is 11.5 Å². The van der Waals surface area contributed by atoms with Crippen LogP contribution in [0.1, 0.15) is 28.8 Å². The molecule has 1 atom stereocenters. The third-order valence-electron chi connectivity index (χ3n) is 4.53. The second kappa shape index (κ2) is 9.04. The minimum absolute atomic E-state index is 0.00179. The van der Waals surface area contributed by atoms with E-state index in [2.05, 4.69) is 10.9 Å². The van der Waals surface area contributed by atoms with Gasteiger partial charge in [-0.15, -0.1) is 0 Å². The van der Waals surface area contributed by atoms with Crippen LogP contribution in [0.15, 0.2) is 48.5 Å². The third kappa shape index (κ3) is 6.28. The van der Waals surface area contributed by atoms with Crippen LogP contribution in [0.2, 0.25) is 0 Å². The first-order valence-electron chi connectivity index (χ1n) is 9.08. The van der Waals surface area contributed by atoms with Crippen molar-refractivity contribution in [2.45, 2.75) is 19.4 Å². The Morgan fingerprint density at radius 2 is 1.86 bits per heavy atom. The van der Waals surface area contributed by atoms with Gasteiger partial charge in [-0.25, -0.2) is 12.8 Å². The number of hydrazine groups is 1. The van der Waals surface area contributed by atoms with Crippen LogP contribution in [0.4, 0.5) is 4.39 Å². The molecule has 7 nitrogen and oxygen atoms in total. The lowest BCUT2D eigenvalue weighted by molar-refractivity contribution is -0.122. The zero-order valence-electron chi connectivity index (χ0n) is 15.6. The monoisotopic (exact) mass is 420 g/mol. The SMILES string of the molecule is O=C(CC1CCS(=O)(=O)C1)NNC(=O)c1cccc(OCc2ccc(F)cc2)c1. The Morgan fingerprint density at radius 3 is 2.55 bits per heavy atom. The van der Waals surface area contributed by atoms with Crippen molar-refractivity contribution in [3.63, 3.8) is 0 Å². The maximum absolute atomic E-state index is 12.9. The van der Waals surface area contributed by atoms with Crippen LogP contribution in [0.25, 0.3) is 0 Å². The summed E-state index contributed by atoms with van der Waals surface area (Å²) in [5.74, 6) is -0.966. The molecule has 154 valence electrons. The first-order chi connectivity index (χ1) is 13.8. The molecule has 1 heterocycles. The van der Waals surface area contributed by atoms with Crippen LogP contribution in [0.5, 0.6) is 5.75 Å². The van der Waals surface area contributed by atoms with E-state index >= 15 is 0 Å². The molecule has 1 fully saturated rings. The Morgan fingerprint density at radius 1 is 1.10 bits per heavy atom. The van der Waals surface area contributed by atoms with Crippen molar-refractivity contribution in [1.29, 1.82) is 0 Å². The largest absolute Gasteiger partial charge is 0.489 e. The Balaban J connectivity index is 1.48. The Bertz CT molecular complexity index is 992. The molecule has 1 aliphatic heterocycles. The fourth-order valence-corrected chi connectivity index (χ4v) is 4.88. The molecule has 1 unspecified atom stereocenters. The average molecular weight is 420 g/mol. The summed E-state index contributed by atoms with van der Waals surface area (Å²) in [6.07, 6.45) is 0.497. The van der Waals surface area contributed by atoms with Crippen molar-refractivity contribution < 1.29 is 27.1 Å². The normalized spacial score (nSPS) is 17.5. The van der Waals surface area contributed by atoms with Gasteiger partial charge in [-0.2, -0.15) is 0 Å². The average Bonchev–Trinajstić information content (AvgIpc) is 3.04. The van der Waals surface area contributed by atoms with Gasteiger partial charge < -0.3 is 4.74 Å². The van der Waals surface area contributed by atoms with E-state index in [1.54, 1.807) is 30.3 Å². The molecule has 2 aromatic rings. The minimum Gasteiger partial charge on any atom is -0.489 e. The molecule has 0 saturated carbocycles. The number of rotatable bonds is 6. The highest BCUT2D eigenvalue weighted by atomic mass is 32.2. The Hall–Kier alpha value is -2.94. The minimum atomic E-state index is -3.05. The van der Waals surface area contributed by atoms with Crippen molar-refractivity contribution >= 4 is 21.7 Å². The highest BCUT2D eigenvalue weighted by Crippen LogP contribution is 2.21. The summed E-state index contributed by atoms with van der Waals surface area (Å²) in [5, 5.41) is 0. The Kier molecular flexibility index (Phi) is 6.48. The fourth-order valence-electron chi connectivity index (χ4n) is 3.02. The zero-order valence-corrected chi connectivity index (χ0v) is 16.4.